The molecule has 1 fully saturated rings. The van der Waals surface area contributed by atoms with Crippen LogP contribution in [0.4, 0.5) is 0 Å². The van der Waals surface area contributed by atoms with Crippen LogP contribution >= 0.6 is 0 Å². The van der Waals surface area contributed by atoms with Gasteiger partial charge in [-0.2, -0.15) is 0 Å². The Hall–Kier alpha value is -1.89. The smallest absolute Gasteiger partial charge is 0.313 e. The fourth-order valence-corrected chi connectivity index (χ4v) is 1.79. The van der Waals surface area contributed by atoms with Crippen LogP contribution in [0, 0.1) is 12.3 Å². The Kier molecular flexibility index (Phi) is 3.08. The molecule has 0 aromatic carbocycles. The predicted octanol–water partition coefficient (Wildman–Crippen LogP) is 0.203. The Balaban J connectivity index is 2.10. The lowest BCUT2D eigenvalue weighted by Gasteiger charge is -2.24. The molecule has 0 aliphatic carbocycles. The van der Waals surface area contributed by atoms with Gasteiger partial charge in [-0.15, -0.1) is 0 Å². The van der Waals surface area contributed by atoms with Crippen LogP contribution in [0.3, 0.4) is 0 Å². The lowest BCUT2D eigenvalue weighted by atomic mass is 9.85. The van der Waals surface area contributed by atoms with E-state index in [4.69, 9.17) is 14.4 Å². The minimum Gasteiger partial charge on any atom is -0.481 e. The highest BCUT2D eigenvalue weighted by molar-refractivity contribution is 5.92. The maximum absolute atomic E-state index is 11.8. The number of carbonyl (C=O) groups is 2. The van der Waals surface area contributed by atoms with Gasteiger partial charge >= 0.3 is 5.97 Å². The van der Waals surface area contributed by atoms with E-state index in [2.05, 4.69) is 10.5 Å². The van der Waals surface area contributed by atoms with Crippen LogP contribution in [0.15, 0.2) is 10.6 Å². The summed E-state index contributed by atoms with van der Waals surface area (Å²) in [7, 11) is 0. The van der Waals surface area contributed by atoms with E-state index >= 15 is 0 Å². The van der Waals surface area contributed by atoms with Gasteiger partial charge in [0, 0.05) is 6.07 Å². The van der Waals surface area contributed by atoms with E-state index in [1.807, 2.05) is 0 Å². The third kappa shape index (κ3) is 2.08. The van der Waals surface area contributed by atoms with Crippen LogP contribution in [0.5, 0.6) is 0 Å². The molecule has 1 amide bonds. The van der Waals surface area contributed by atoms with Crippen molar-refractivity contribution in [1.29, 1.82) is 0 Å². The number of ether oxygens (including phenoxy) is 1. The Morgan fingerprint density at radius 2 is 2.33 bits per heavy atom. The van der Waals surface area contributed by atoms with Crippen molar-refractivity contribution in [2.75, 3.05) is 13.2 Å². The molecule has 1 aliphatic heterocycles. The van der Waals surface area contributed by atoms with Gasteiger partial charge in [-0.1, -0.05) is 5.16 Å². The van der Waals surface area contributed by atoms with E-state index in [0.717, 1.165) is 0 Å². The molecule has 98 valence electrons. The first-order chi connectivity index (χ1) is 8.43. The number of rotatable bonds is 3. The highest BCUT2D eigenvalue weighted by Crippen LogP contribution is 2.28. The SMILES string of the molecule is Cc1cc(C(=O)NC2COCC2(C)C(=O)O)on1. The number of carboxylic acid groups (broad SMARTS) is 1. The van der Waals surface area contributed by atoms with Crippen LogP contribution in [-0.2, 0) is 9.53 Å². The third-order valence-corrected chi connectivity index (χ3v) is 3.10. The molecule has 1 aromatic rings. The van der Waals surface area contributed by atoms with Gasteiger partial charge in [0.15, 0.2) is 0 Å². The van der Waals surface area contributed by atoms with Gasteiger partial charge in [0.1, 0.15) is 5.41 Å². The number of aromatic nitrogens is 1. The molecule has 2 heterocycles. The Morgan fingerprint density at radius 1 is 1.61 bits per heavy atom. The fourth-order valence-electron chi connectivity index (χ4n) is 1.79. The lowest BCUT2D eigenvalue weighted by molar-refractivity contribution is -0.148. The van der Waals surface area contributed by atoms with Crippen LogP contribution in [0.2, 0.25) is 0 Å². The molecule has 0 spiro atoms. The van der Waals surface area contributed by atoms with Crippen molar-refractivity contribution in [3.63, 3.8) is 0 Å². The normalized spacial score (nSPS) is 27.1. The van der Waals surface area contributed by atoms with Crippen molar-refractivity contribution in [1.82, 2.24) is 10.5 Å². The molecule has 7 heteroatoms. The second kappa shape index (κ2) is 4.41. The molecule has 1 saturated heterocycles. The lowest BCUT2D eigenvalue weighted by Crippen LogP contribution is -2.49. The topological polar surface area (TPSA) is 102 Å². The Bertz CT molecular complexity index is 484. The van der Waals surface area contributed by atoms with Crippen LogP contribution in [-0.4, -0.2) is 41.4 Å². The zero-order valence-electron chi connectivity index (χ0n) is 10.1. The van der Waals surface area contributed by atoms with Crippen molar-refractivity contribution >= 4 is 11.9 Å². The summed E-state index contributed by atoms with van der Waals surface area (Å²) in [4.78, 5) is 23.0. The van der Waals surface area contributed by atoms with E-state index in [-0.39, 0.29) is 19.0 Å². The number of hydrogen-bond acceptors (Lipinski definition) is 5. The van der Waals surface area contributed by atoms with Crippen molar-refractivity contribution < 1.29 is 24.0 Å². The summed E-state index contributed by atoms with van der Waals surface area (Å²) in [6.07, 6.45) is 0. The highest BCUT2D eigenvalue weighted by atomic mass is 16.5. The Morgan fingerprint density at radius 3 is 2.89 bits per heavy atom. The number of hydrogen-bond donors (Lipinski definition) is 2. The van der Waals surface area contributed by atoms with E-state index in [9.17, 15) is 9.59 Å². The summed E-state index contributed by atoms with van der Waals surface area (Å²) in [5.41, 5.74) is -0.533. The van der Waals surface area contributed by atoms with Crippen LogP contribution in [0.25, 0.3) is 0 Å². The van der Waals surface area contributed by atoms with Crippen molar-refractivity contribution in [2.45, 2.75) is 19.9 Å². The third-order valence-electron chi connectivity index (χ3n) is 3.10. The molecule has 0 saturated carbocycles. The van der Waals surface area contributed by atoms with Gasteiger partial charge in [0.2, 0.25) is 5.76 Å². The molecule has 2 N–H and O–H groups in total. The van der Waals surface area contributed by atoms with Gasteiger partial charge in [0.05, 0.1) is 24.9 Å². The minimum absolute atomic E-state index is 0.0622. The summed E-state index contributed by atoms with van der Waals surface area (Å²) in [5, 5.41) is 15.4. The summed E-state index contributed by atoms with van der Waals surface area (Å²) < 4.78 is 9.95. The molecule has 2 rings (SSSR count). The first-order valence-corrected chi connectivity index (χ1v) is 5.49. The van der Waals surface area contributed by atoms with Gasteiger partial charge in [-0.3, -0.25) is 9.59 Å². The molecule has 2 atom stereocenters. The molecule has 0 bridgehead atoms. The zero-order valence-corrected chi connectivity index (χ0v) is 10.1. The molecule has 2 unspecified atom stereocenters. The summed E-state index contributed by atoms with van der Waals surface area (Å²) in [6.45, 7) is 3.48. The number of amides is 1. The van der Waals surface area contributed by atoms with E-state index in [1.54, 1.807) is 13.8 Å². The molecule has 1 aliphatic rings. The van der Waals surface area contributed by atoms with Crippen LogP contribution in [0.1, 0.15) is 23.2 Å². The van der Waals surface area contributed by atoms with Crippen molar-refractivity contribution in [3.05, 3.63) is 17.5 Å². The van der Waals surface area contributed by atoms with E-state index in [0.29, 0.717) is 5.69 Å². The van der Waals surface area contributed by atoms with E-state index in [1.165, 1.54) is 6.07 Å². The molecule has 0 radical (unpaired) electrons. The summed E-state index contributed by atoms with van der Waals surface area (Å²) >= 11 is 0. The van der Waals surface area contributed by atoms with Gasteiger partial charge in [0.25, 0.3) is 5.91 Å². The van der Waals surface area contributed by atoms with E-state index < -0.39 is 23.3 Å². The van der Waals surface area contributed by atoms with Gasteiger partial charge < -0.3 is 19.7 Å². The molecular weight excluding hydrogens is 240 g/mol. The monoisotopic (exact) mass is 254 g/mol. The molecule has 7 nitrogen and oxygen atoms in total. The standard InChI is InChI=1S/C11H14N2O5/c1-6-3-7(18-13-6)9(14)12-8-4-17-5-11(8,2)10(15)16/h3,8H,4-5H2,1-2H3,(H,12,14)(H,15,16). The number of carbonyl (C=O) groups excluding carboxylic acids is 1. The quantitative estimate of drug-likeness (QED) is 0.799. The summed E-state index contributed by atoms with van der Waals surface area (Å²) in [5.74, 6) is -1.43. The van der Waals surface area contributed by atoms with Crippen molar-refractivity contribution in [2.24, 2.45) is 5.41 Å². The second-order valence-electron chi connectivity index (χ2n) is 4.60. The van der Waals surface area contributed by atoms with Crippen molar-refractivity contribution in [3.8, 4) is 0 Å². The number of nitrogens with zero attached hydrogens (tertiary/aromatic N) is 1. The first-order valence-electron chi connectivity index (χ1n) is 5.49. The average Bonchev–Trinajstić information content (AvgIpc) is 2.87. The fraction of sp³-hybridized carbons (Fsp3) is 0.545. The molecule has 1 aromatic heterocycles. The molecular formula is C11H14N2O5. The first kappa shape index (κ1) is 12.6. The second-order valence-corrected chi connectivity index (χ2v) is 4.60. The maximum Gasteiger partial charge on any atom is 0.313 e. The maximum atomic E-state index is 11.8. The highest BCUT2D eigenvalue weighted by Gasteiger charge is 2.47. The van der Waals surface area contributed by atoms with Gasteiger partial charge in [-0.25, -0.2) is 0 Å². The number of aliphatic carboxylic acids is 1. The van der Waals surface area contributed by atoms with Crippen LogP contribution < -0.4 is 5.32 Å². The largest absolute Gasteiger partial charge is 0.481 e. The molecule has 18 heavy (non-hydrogen) atoms. The average molecular weight is 254 g/mol. The number of aryl methyl sites for hydroxylation is 1. The van der Waals surface area contributed by atoms with Gasteiger partial charge in [-0.05, 0) is 13.8 Å². The minimum atomic E-state index is -1.12. The zero-order chi connectivity index (χ0) is 13.3. The Labute approximate surface area is 103 Å². The predicted molar refractivity (Wildman–Crippen MR) is 59.1 cm³/mol. The summed E-state index contributed by atoms with van der Waals surface area (Å²) in [6, 6.07) is 0.899. The number of carboxylic acids is 1. The number of nitrogens with one attached hydrogen (secondary N) is 1.